The zero-order chi connectivity index (χ0) is 28.5. The first-order chi connectivity index (χ1) is 18.8. The van der Waals surface area contributed by atoms with Gasteiger partial charge in [0, 0.05) is 18.4 Å². The highest BCUT2D eigenvalue weighted by Crippen LogP contribution is 2.10. The number of carbonyl (C=O) groups excluding carboxylic acids is 4. The van der Waals surface area contributed by atoms with Crippen molar-refractivity contribution in [2.45, 2.75) is 58.2 Å². The summed E-state index contributed by atoms with van der Waals surface area (Å²) in [4.78, 5) is 48.9. The molecule has 0 aliphatic heterocycles. The van der Waals surface area contributed by atoms with Crippen molar-refractivity contribution >= 4 is 23.5 Å². The molecule has 8 nitrogen and oxygen atoms in total. The number of rotatable bonds is 19. The molecule has 0 saturated carbocycles. The first kappa shape index (κ1) is 31.6. The molecule has 0 aliphatic carbocycles. The Bertz CT molecular complexity index is 1060. The molecule has 0 N–H and O–H groups in total. The molecule has 0 aliphatic rings. The van der Waals surface area contributed by atoms with Crippen LogP contribution >= 0.6 is 0 Å². The maximum atomic E-state index is 12.3. The van der Waals surface area contributed by atoms with E-state index in [1.165, 1.54) is 13.8 Å². The van der Waals surface area contributed by atoms with Gasteiger partial charge < -0.3 is 18.9 Å². The van der Waals surface area contributed by atoms with Crippen molar-refractivity contribution in [3.8, 4) is 0 Å². The van der Waals surface area contributed by atoms with Gasteiger partial charge in [-0.3, -0.25) is 14.4 Å². The fraction of sp³-hybridized carbons (Fsp3) is 0.419. The normalized spacial score (nSPS) is 12.3. The monoisotopic (exact) mass is 538 g/mol. The van der Waals surface area contributed by atoms with Crippen LogP contribution in [0.15, 0.2) is 72.8 Å². The van der Waals surface area contributed by atoms with E-state index < -0.39 is 30.6 Å². The van der Waals surface area contributed by atoms with Gasteiger partial charge >= 0.3 is 11.9 Å². The smallest absolute Gasteiger partial charge is 0.334 e. The minimum Gasteiger partial charge on any atom is -0.454 e. The van der Waals surface area contributed by atoms with Crippen LogP contribution in [-0.2, 0) is 51.0 Å². The topological polar surface area (TPSA) is 105 Å². The Labute approximate surface area is 230 Å². The molecule has 0 radical (unpaired) electrons. The van der Waals surface area contributed by atoms with E-state index in [4.69, 9.17) is 18.9 Å². The van der Waals surface area contributed by atoms with Crippen molar-refractivity contribution in [2.75, 3.05) is 26.4 Å². The van der Waals surface area contributed by atoms with Gasteiger partial charge in [-0.05, 0) is 37.8 Å². The molecular weight excluding hydrogens is 500 g/mol. The van der Waals surface area contributed by atoms with Crippen LogP contribution < -0.4 is 0 Å². The Morgan fingerprint density at radius 2 is 1.10 bits per heavy atom. The van der Waals surface area contributed by atoms with E-state index in [1.54, 1.807) is 0 Å². The average Bonchev–Trinajstić information content (AvgIpc) is 2.93. The lowest BCUT2D eigenvalue weighted by molar-refractivity contribution is -0.156. The average molecular weight is 539 g/mol. The Morgan fingerprint density at radius 3 is 1.56 bits per heavy atom. The number of ketones is 2. The SMILES string of the molecule is C=C(CC(=O)OC(C)C(=O)CCOCCc1ccccc1)C(=O)OC(C)C(=O)CCOCCc1ccccc1. The Balaban J connectivity index is 1.57. The lowest BCUT2D eigenvalue weighted by Crippen LogP contribution is -2.28. The number of hydrogen-bond acceptors (Lipinski definition) is 8. The highest BCUT2D eigenvalue weighted by molar-refractivity contribution is 5.95. The first-order valence-corrected chi connectivity index (χ1v) is 13.1. The molecule has 2 aromatic rings. The van der Waals surface area contributed by atoms with Gasteiger partial charge in [-0.1, -0.05) is 67.2 Å². The quantitative estimate of drug-likeness (QED) is 0.149. The van der Waals surface area contributed by atoms with Gasteiger partial charge in [0.25, 0.3) is 0 Å². The van der Waals surface area contributed by atoms with Gasteiger partial charge in [-0.25, -0.2) is 4.79 Å². The number of hydrogen-bond donors (Lipinski definition) is 0. The summed E-state index contributed by atoms with van der Waals surface area (Å²) in [6.07, 6.45) is -0.776. The molecule has 2 unspecified atom stereocenters. The number of Topliss-reactive ketones (excluding diaryl/α,β-unsaturated/α-hetero) is 2. The molecule has 0 amide bonds. The fourth-order valence-corrected chi connectivity index (χ4v) is 3.49. The van der Waals surface area contributed by atoms with E-state index >= 15 is 0 Å². The summed E-state index contributed by atoms with van der Waals surface area (Å²) in [5.74, 6) is -2.25. The van der Waals surface area contributed by atoms with Crippen LogP contribution in [0.5, 0.6) is 0 Å². The second kappa shape index (κ2) is 17.8. The largest absolute Gasteiger partial charge is 0.454 e. The van der Waals surface area contributed by atoms with Crippen LogP contribution in [0.4, 0.5) is 0 Å². The maximum absolute atomic E-state index is 12.3. The van der Waals surface area contributed by atoms with E-state index in [1.807, 2.05) is 60.7 Å². The van der Waals surface area contributed by atoms with E-state index in [9.17, 15) is 19.2 Å². The molecule has 2 aromatic carbocycles. The molecule has 210 valence electrons. The zero-order valence-electron chi connectivity index (χ0n) is 22.8. The minimum atomic E-state index is -1.01. The van der Waals surface area contributed by atoms with Crippen LogP contribution in [0.25, 0.3) is 0 Å². The number of carbonyl (C=O) groups is 4. The standard InChI is InChI=1S/C31H38O8/c1-23(31(35)39-25(3)29(33)17-21-37-19-15-27-12-8-5-9-13-27)22-30(34)38-24(2)28(32)16-20-36-18-14-26-10-6-4-7-11-26/h4-13,24-25H,1,14-22H2,2-3H3. The maximum Gasteiger partial charge on any atom is 0.334 e. The first-order valence-electron chi connectivity index (χ1n) is 13.1. The molecule has 8 heteroatoms. The molecule has 2 rings (SSSR count). The summed E-state index contributed by atoms with van der Waals surface area (Å²) in [6.45, 7) is 7.87. The van der Waals surface area contributed by atoms with Gasteiger partial charge in [0.2, 0.25) is 0 Å². The molecule has 0 spiro atoms. The highest BCUT2D eigenvalue weighted by atomic mass is 16.6. The van der Waals surface area contributed by atoms with E-state index in [0.29, 0.717) is 13.2 Å². The summed E-state index contributed by atoms with van der Waals surface area (Å²) < 4.78 is 21.2. The summed E-state index contributed by atoms with van der Waals surface area (Å²) in [7, 11) is 0. The highest BCUT2D eigenvalue weighted by Gasteiger charge is 2.23. The van der Waals surface area contributed by atoms with Gasteiger partial charge in [0.1, 0.15) is 0 Å². The fourth-order valence-electron chi connectivity index (χ4n) is 3.49. The van der Waals surface area contributed by atoms with Crippen molar-refractivity contribution in [1.29, 1.82) is 0 Å². The van der Waals surface area contributed by atoms with Gasteiger partial charge in [-0.15, -0.1) is 0 Å². The third-order valence-corrected chi connectivity index (χ3v) is 5.89. The van der Waals surface area contributed by atoms with E-state index in [2.05, 4.69) is 6.58 Å². The van der Waals surface area contributed by atoms with Crippen LogP contribution in [0.2, 0.25) is 0 Å². The summed E-state index contributed by atoms with van der Waals surface area (Å²) in [6, 6.07) is 19.7. The summed E-state index contributed by atoms with van der Waals surface area (Å²) in [5.41, 5.74) is 2.13. The molecule has 0 aromatic heterocycles. The molecule has 2 atom stereocenters. The molecule has 0 heterocycles. The van der Waals surface area contributed by atoms with Gasteiger partial charge in [-0.2, -0.15) is 0 Å². The molecule has 39 heavy (non-hydrogen) atoms. The lowest BCUT2D eigenvalue weighted by atomic mass is 10.1. The van der Waals surface area contributed by atoms with Crippen LogP contribution in [0, 0.1) is 0 Å². The number of ether oxygens (including phenoxy) is 4. The van der Waals surface area contributed by atoms with E-state index in [0.717, 1.165) is 24.0 Å². The van der Waals surface area contributed by atoms with Crippen molar-refractivity contribution < 1.29 is 38.1 Å². The van der Waals surface area contributed by atoms with Crippen LogP contribution in [-0.4, -0.2) is 62.1 Å². The third kappa shape index (κ3) is 13.1. The molecule has 0 bridgehead atoms. The van der Waals surface area contributed by atoms with Crippen molar-refractivity contribution in [3.63, 3.8) is 0 Å². The van der Waals surface area contributed by atoms with Gasteiger partial charge in [0.15, 0.2) is 23.8 Å². The van der Waals surface area contributed by atoms with Crippen LogP contribution in [0.1, 0.15) is 44.2 Å². The number of esters is 2. The third-order valence-electron chi connectivity index (χ3n) is 5.89. The predicted octanol–water partition coefficient (Wildman–Crippen LogP) is 4.23. The van der Waals surface area contributed by atoms with Crippen molar-refractivity contribution in [2.24, 2.45) is 0 Å². The second-order valence-corrected chi connectivity index (χ2v) is 9.09. The Hall–Kier alpha value is -3.62. The lowest BCUT2D eigenvalue weighted by Gasteiger charge is -2.15. The van der Waals surface area contributed by atoms with Crippen molar-refractivity contribution in [3.05, 3.63) is 83.9 Å². The summed E-state index contributed by atoms with van der Waals surface area (Å²) >= 11 is 0. The minimum absolute atomic E-state index is 0.0906. The van der Waals surface area contributed by atoms with Gasteiger partial charge in [0.05, 0.1) is 32.8 Å². The predicted molar refractivity (Wildman–Crippen MR) is 146 cm³/mol. The Morgan fingerprint density at radius 1 is 0.667 bits per heavy atom. The second-order valence-electron chi connectivity index (χ2n) is 9.09. The molecule has 0 saturated heterocycles. The summed E-state index contributed by atoms with van der Waals surface area (Å²) in [5, 5.41) is 0. The van der Waals surface area contributed by atoms with E-state index in [-0.39, 0.29) is 43.2 Å². The zero-order valence-corrected chi connectivity index (χ0v) is 22.8. The molecular formula is C31H38O8. The van der Waals surface area contributed by atoms with Crippen molar-refractivity contribution in [1.82, 2.24) is 0 Å². The van der Waals surface area contributed by atoms with Crippen LogP contribution in [0.3, 0.4) is 0 Å². The Kier molecular flexibility index (Phi) is 14.4. The molecule has 0 fully saturated rings. The number of benzene rings is 2.